The number of amides is 1. The first-order valence-electron chi connectivity index (χ1n) is 7.33. The number of hydrogen-bond donors (Lipinski definition) is 1. The van der Waals surface area contributed by atoms with Crippen molar-refractivity contribution in [1.29, 1.82) is 0 Å². The van der Waals surface area contributed by atoms with E-state index in [-0.39, 0.29) is 9.88 Å². The van der Waals surface area contributed by atoms with Gasteiger partial charge in [-0.3, -0.25) is 14.9 Å². The van der Waals surface area contributed by atoms with E-state index in [4.69, 9.17) is 4.74 Å². The van der Waals surface area contributed by atoms with Gasteiger partial charge in [-0.25, -0.2) is 4.79 Å². The lowest BCUT2D eigenvalue weighted by Gasteiger charge is -2.06. The molecule has 0 atom stereocenters. The van der Waals surface area contributed by atoms with E-state index in [0.717, 1.165) is 4.90 Å². The van der Waals surface area contributed by atoms with E-state index in [1.165, 1.54) is 17.7 Å². The Kier molecular flexibility index (Phi) is 6.96. The molecule has 7 nitrogen and oxygen atoms in total. The maximum Gasteiger partial charge on any atom is 0.349 e. The molecular formula is C16H16N2O5S2. The third-order valence-electron chi connectivity index (χ3n) is 3.02. The fourth-order valence-corrected chi connectivity index (χ4v) is 3.27. The Morgan fingerprint density at radius 1 is 1.24 bits per heavy atom. The number of hydrogen-bond acceptors (Lipinski definition) is 7. The molecule has 9 heteroatoms. The summed E-state index contributed by atoms with van der Waals surface area (Å²) in [5, 5.41) is 13.1. The van der Waals surface area contributed by atoms with Crippen LogP contribution in [0.3, 0.4) is 0 Å². The molecule has 2 aromatic rings. The van der Waals surface area contributed by atoms with Gasteiger partial charge in [-0.05, 0) is 25.1 Å². The number of benzene rings is 1. The van der Waals surface area contributed by atoms with Gasteiger partial charge in [-0.2, -0.15) is 0 Å². The first kappa shape index (κ1) is 18.9. The van der Waals surface area contributed by atoms with Crippen molar-refractivity contribution in [3.8, 4) is 0 Å². The van der Waals surface area contributed by atoms with Gasteiger partial charge in [0.05, 0.1) is 4.92 Å². The number of rotatable bonds is 8. The minimum Gasteiger partial charge on any atom is -0.451 e. The Morgan fingerprint density at radius 3 is 2.60 bits per heavy atom. The molecule has 0 aliphatic rings. The Morgan fingerprint density at radius 2 is 1.96 bits per heavy atom. The second kappa shape index (κ2) is 9.19. The van der Waals surface area contributed by atoms with Crippen molar-refractivity contribution < 1.29 is 19.2 Å². The molecule has 0 radical (unpaired) electrons. The zero-order valence-electron chi connectivity index (χ0n) is 13.4. The summed E-state index contributed by atoms with van der Waals surface area (Å²) in [6.07, 6.45) is 0. The van der Waals surface area contributed by atoms with Gasteiger partial charge >= 0.3 is 11.0 Å². The summed E-state index contributed by atoms with van der Waals surface area (Å²) in [5.41, 5.74) is 1.19. The van der Waals surface area contributed by atoms with E-state index in [1.54, 1.807) is 11.8 Å². The number of esters is 1. The predicted octanol–water partition coefficient (Wildman–Crippen LogP) is 3.03. The SMILES string of the molecule is Cc1ccc(SCCNC(=O)COC(=O)c2ccc([N+](=O)[O-])s2)cc1. The van der Waals surface area contributed by atoms with Gasteiger partial charge in [-0.1, -0.05) is 29.0 Å². The Labute approximate surface area is 152 Å². The summed E-state index contributed by atoms with van der Waals surface area (Å²) in [5.74, 6) is -0.467. The van der Waals surface area contributed by atoms with Gasteiger partial charge in [0.1, 0.15) is 4.88 Å². The highest BCUT2D eigenvalue weighted by Crippen LogP contribution is 2.24. The molecule has 0 saturated carbocycles. The van der Waals surface area contributed by atoms with Crippen LogP contribution in [0.4, 0.5) is 5.00 Å². The van der Waals surface area contributed by atoms with Crippen LogP contribution in [0.1, 0.15) is 15.2 Å². The van der Waals surface area contributed by atoms with Crippen molar-refractivity contribution >= 4 is 40.0 Å². The van der Waals surface area contributed by atoms with Gasteiger partial charge in [0, 0.05) is 23.3 Å². The van der Waals surface area contributed by atoms with Crippen LogP contribution < -0.4 is 5.32 Å². The first-order valence-corrected chi connectivity index (χ1v) is 9.13. The van der Waals surface area contributed by atoms with Crippen molar-refractivity contribution in [2.45, 2.75) is 11.8 Å². The molecule has 0 bridgehead atoms. The normalized spacial score (nSPS) is 10.3. The maximum atomic E-state index is 11.7. The number of nitro groups is 1. The molecule has 1 amide bonds. The van der Waals surface area contributed by atoms with Crippen molar-refractivity contribution in [3.05, 3.63) is 57.0 Å². The van der Waals surface area contributed by atoms with Crippen LogP contribution in [0.15, 0.2) is 41.3 Å². The summed E-state index contributed by atoms with van der Waals surface area (Å²) < 4.78 is 4.84. The van der Waals surface area contributed by atoms with Crippen LogP contribution in [0, 0.1) is 17.0 Å². The zero-order chi connectivity index (χ0) is 18.2. The van der Waals surface area contributed by atoms with E-state index in [1.807, 2.05) is 31.2 Å². The number of carbonyl (C=O) groups is 2. The number of carbonyl (C=O) groups excluding carboxylic acids is 2. The van der Waals surface area contributed by atoms with Crippen molar-refractivity contribution in [1.82, 2.24) is 5.32 Å². The van der Waals surface area contributed by atoms with E-state index in [9.17, 15) is 19.7 Å². The summed E-state index contributed by atoms with van der Waals surface area (Å²) in [4.78, 5) is 34.5. The first-order chi connectivity index (χ1) is 12.0. The topological polar surface area (TPSA) is 98.5 Å². The highest BCUT2D eigenvalue weighted by molar-refractivity contribution is 7.99. The zero-order valence-corrected chi connectivity index (χ0v) is 15.0. The van der Waals surface area contributed by atoms with Gasteiger partial charge in [0.15, 0.2) is 6.61 Å². The van der Waals surface area contributed by atoms with E-state index < -0.39 is 23.4 Å². The summed E-state index contributed by atoms with van der Waals surface area (Å²) in [6, 6.07) is 10.6. The molecule has 0 spiro atoms. The lowest BCUT2D eigenvalue weighted by molar-refractivity contribution is -0.380. The van der Waals surface area contributed by atoms with Crippen molar-refractivity contribution in [3.63, 3.8) is 0 Å². The lowest BCUT2D eigenvalue weighted by atomic mass is 10.2. The molecule has 1 N–H and O–H groups in total. The van der Waals surface area contributed by atoms with E-state index in [2.05, 4.69) is 5.32 Å². The van der Waals surface area contributed by atoms with Gasteiger partial charge in [0.2, 0.25) is 0 Å². The van der Waals surface area contributed by atoms with Crippen molar-refractivity contribution in [2.75, 3.05) is 18.9 Å². The van der Waals surface area contributed by atoms with Gasteiger partial charge in [-0.15, -0.1) is 11.8 Å². The Hall–Kier alpha value is -2.39. The van der Waals surface area contributed by atoms with E-state index in [0.29, 0.717) is 23.6 Å². The number of nitrogens with zero attached hydrogens (tertiary/aromatic N) is 1. The molecule has 2 rings (SSSR count). The number of thiophene rings is 1. The van der Waals surface area contributed by atoms with Crippen LogP contribution in [0.25, 0.3) is 0 Å². The van der Waals surface area contributed by atoms with E-state index >= 15 is 0 Å². The Balaban J connectivity index is 1.65. The molecule has 0 saturated heterocycles. The molecule has 0 aliphatic carbocycles. The lowest BCUT2D eigenvalue weighted by Crippen LogP contribution is -2.30. The third kappa shape index (κ3) is 6.20. The number of thioether (sulfide) groups is 1. The quantitative estimate of drug-likeness (QED) is 0.248. The summed E-state index contributed by atoms with van der Waals surface area (Å²) in [7, 11) is 0. The number of ether oxygens (including phenoxy) is 1. The van der Waals surface area contributed by atoms with Crippen molar-refractivity contribution in [2.24, 2.45) is 0 Å². The second-order valence-electron chi connectivity index (χ2n) is 4.98. The number of aryl methyl sites for hydroxylation is 1. The molecule has 1 aromatic heterocycles. The highest BCUT2D eigenvalue weighted by atomic mass is 32.2. The molecule has 1 aromatic carbocycles. The third-order valence-corrected chi connectivity index (χ3v) is 5.05. The van der Waals surface area contributed by atoms with Crippen LogP contribution in [0.5, 0.6) is 0 Å². The molecular weight excluding hydrogens is 364 g/mol. The molecule has 132 valence electrons. The molecule has 25 heavy (non-hydrogen) atoms. The minimum absolute atomic E-state index is 0.0921. The molecule has 0 unspecified atom stereocenters. The average Bonchev–Trinajstić information content (AvgIpc) is 3.08. The minimum atomic E-state index is -0.748. The van der Waals surface area contributed by atoms with Crippen LogP contribution in [0.2, 0.25) is 0 Å². The Bertz CT molecular complexity index is 758. The monoisotopic (exact) mass is 380 g/mol. The average molecular weight is 380 g/mol. The standard InChI is InChI=1S/C16H16N2O5S2/c1-11-2-4-12(5-3-11)24-9-8-17-14(19)10-23-16(20)13-6-7-15(25-13)18(21)22/h2-7H,8-10H2,1H3,(H,17,19). The summed E-state index contributed by atoms with van der Waals surface area (Å²) in [6.45, 7) is 2.05. The molecule has 0 fully saturated rings. The largest absolute Gasteiger partial charge is 0.451 e. The summed E-state index contributed by atoms with van der Waals surface area (Å²) >= 11 is 2.33. The van der Waals surface area contributed by atoms with Crippen LogP contribution in [-0.2, 0) is 9.53 Å². The highest BCUT2D eigenvalue weighted by Gasteiger charge is 2.17. The predicted molar refractivity (Wildman–Crippen MR) is 96.2 cm³/mol. The number of nitrogens with one attached hydrogen (secondary N) is 1. The van der Waals surface area contributed by atoms with Crippen LogP contribution >= 0.6 is 23.1 Å². The maximum absolute atomic E-state index is 11.7. The molecule has 1 heterocycles. The smallest absolute Gasteiger partial charge is 0.349 e. The molecule has 0 aliphatic heterocycles. The fourth-order valence-electron chi connectivity index (χ4n) is 1.78. The van der Waals surface area contributed by atoms with Gasteiger partial charge in [0.25, 0.3) is 5.91 Å². The fraction of sp³-hybridized carbons (Fsp3) is 0.250. The van der Waals surface area contributed by atoms with Crippen LogP contribution in [-0.4, -0.2) is 35.7 Å². The van der Waals surface area contributed by atoms with Gasteiger partial charge < -0.3 is 10.1 Å². The second-order valence-corrected chi connectivity index (χ2v) is 7.21.